The molecule has 1 aliphatic heterocycles. The maximum Gasteiger partial charge on any atom is 0.329 e. The predicted octanol–water partition coefficient (Wildman–Crippen LogP) is 5.96. The van der Waals surface area contributed by atoms with Gasteiger partial charge in [0, 0.05) is 11.1 Å². The number of amides is 3. The lowest BCUT2D eigenvalue weighted by molar-refractivity contribution is -0.123. The number of urea groups is 1. The van der Waals surface area contributed by atoms with Gasteiger partial charge in [0.25, 0.3) is 5.91 Å². The van der Waals surface area contributed by atoms with Gasteiger partial charge >= 0.3 is 6.03 Å². The number of aryl methyl sites for hydroxylation is 1. The van der Waals surface area contributed by atoms with E-state index in [9.17, 15) is 14.0 Å². The Hall–Kier alpha value is -4.45. The lowest BCUT2D eigenvalue weighted by atomic mass is 10.0. The Morgan fingerprint density at radius 1 is 0.914 bits per heavy atom. The normalized spacial score (nSPS) is 14.6. The van der Waals surface area contributed by atoms with Crippen molar-refractivity contribution in [3.05, 3.63) is 119 Å². The van der Waals surface area contributed by atoms with Gasteiger partial charge in [-0.1, -0.05) is 78.4 Å². The molecule has 1 heterocycles. The summed E-state index contributed by atoms with van der Waals surface area (Å²) in [6.45, 7) is 2.23. The highest BCUT2D eigenvalue weighted by molar-refractivity contribution is 6.14. The molecule has 3 amide bonds. The number of halogens is 1. The number of benzene rings is 4. The smallest absolute Gasteiger partial charge is 0.329 e. The predicted molar refractivity (Wildman–Crippen MR) is 133 cm³/mol. The minimum Gasteiger partial charge on any atom is -0.488 e. The second-order valence-electron chi connectivity index (χ2n) is 8.44. The average molecular weight is 467 g/mol. The molecule has 174 valence electrons. The zero-order chi connectivity index (χ0) is 24.4. The third-order valence-corrected chi connectivity index (χ3v) is 5.98. The van der Waals surface area contributed by atoms with Gasteiger partial charge in [-0.3, -0.25) is 9.69 Å². The summed E-state index contributed by atoms with van der Waals surface area (Å²) in [6.07, 6.45) is 1.63. The van der Waals surface area contributed by atoms with Crippen LogP contribution in [-0.4, -0.2) is 16.8 Å². The van der Waals surface area contributed by atoms with Crippen LogP contribution in [0.5, 0.6) is 5.75 Å². The fourth-order valence-electron chi connectivity index (χ4n) is 4.05. The molecule has 5 nitrogen and oxygen atoms in total. The molecule has 6 heteroatoms. The number of carbonyl (C=O) groups excluding carboxylic acids is 2. The van der Waals surface area contributed by atoms with Crippen LogP contribution in [-0.2, 0) is 17.9 Å². The molecule has 1 aliphatic rings. The molecular formula is C29H23FN2O3. The molecule has 4 aromatic carbocycles. The second-order valence-corrected chi connectivity index (χ2v) is 8.44. The van der Waals surface area contributed by atoms with Crippen molar-refractivity contribution in [2.24, 2.45) is 0 Å². The van der Waals surface area contributed by atoms with Crippen LogP contribution in [0.1, 0.15) is 22.3 Å². The number of imide groups is 1. The lowest BCUT2D eigenvalue weighted by Crippen LogP contribution is -2.30. The molecule has 0 unspecified atom stereocenters. The highest BCUT2D eigenvalue weighted by Gasteiger charge is 2.34. The highest BCUT2D eigenvalue weighted by atomic mass is 19.1. The van der Waals surface area contributed by atoms with Crippen molar-refractivity contribution in [3.63, 3.8) is 0 Å². The van der Waals surface area contributed by atoms with Crippen molar-refractivity contribution in [2.45, 2.75) is 20.1 Å². The summed E-state index contributed by atoms with van der Waals surface area (Å²) in [5.74, 6) is -0.395. The van der Waals surface area contributed by atoms with Crippen LogP contribution in [0.2, 0.25) is 0 Å². The van der Waals surface area contributed by atoms with E-state index >= 15 is 0 Å². The van der Waals surface area contributed by atoms with Crippen LogP contribution >= 0.6 is 0 Å². The molecule has 0 radical (unpaired) electrons. The minimum atomic E-state index is -0.591. The maximum atomic E-state index is 14.1. The Kier molecular flexibility index (Phi) is 6.02. The van der Waals surface area contributed by atoms with Gasteiger partial charge in [-0.25, -0.2) is 9.18 Å². The van der Waals surface area contributed by atoms with Crippen LogP contribution in [0.3, 0.4) is 0 Å². The Bertz CT molecular complexity index is 1460. The molecule has 35 heavy (non-hydrogen) atoms. The van der Waals surface area contributed by atoms with Crippen LogP contribution < -0.4 is 10.1 Å². The van der Waals surface area contributed by atoms with E-state index in [0.717, 1.165) is 21.2 Å². The summed E-state index contributed by atoms with van der Waals surface area (Å²) in [4.78, 5) is 26.7. The third kappa shape index (κ3) is 4.64. The van der Waals surface area contributed by atoms with Crippen LogP contribution in [0.4, 0.5) is 9.18 Å². The molecular weight excluding hydrogens is 443 g/mol. The number of nitrogens with one attached hydrogen (secondary N) is 1. The van der Waals surface area contributed by atoms with E-state index in [-0.39, 0.29) is 17.8 Å². The Labute approximate surface area is 202 Å². The van der Waals surface area contributed by atoms with E-state index in [4.69, 9.17) is 4.74 Å². The standard InChI is InChI=1S/C29H23FN2O3/c1-19-10-12-20(13-11-19)18-35-27-15-14-21-6-2-4-8-23(21)24(27)16-26-28(33)32(29(34)31-26)17-22-7-3-5-9-25(22)30/h2-16H,17-18H2,1H3,(H,31,34)/b26-16+. The molecule has 4 aromatic rings. The van der Waals surface area contributed by atoms with E-state index in [1.165, 1.54) is 11.6 Å². The van der Waals surface area contributed by atoms with Gasteiger partial charge in [-0.2, -0.15) is 0 Å². The molecule has 1 fully saturated rings. The first kappa shape index (κ1) is 22.3. The summed E-state index contributed by atoms with van der Waals surface area (Å²) in [5.41, 5.74) is 3.25. The molecule has 0 aromatic heterocycles. The van der Waals surface area contributed by atoms with Crippen molar-refractivity contribution < 1.29 is 18.7 Å². The summed E-state index contributed by atoms with van der Waals surface area (Å²) >= 11 is 0. The Morgan fingerprint density at radius 2 is 1.66 bits per heavy atom. The van der Waals surface area contributed by atoms with E-state index in [1.807, 2.05) is 67.6 Å². The number of hydrogen-bond acceptors (Lipinski definition) is 3. The van der Waals surface area contributed by atoms with Gasteiger partial charge in [0.15, 0.2) is 0 Å². The van der Waals surface area contributed by atoms with Crippen molar-refractivity contribution in [1.29, 1.82) is 0 Å². The van der Waals surface area contributed by atoms with Gasteiger partial charge < -0.3 is 10.1 Å². The van der Waals surface area contributed by atoms with Crippen molar-refractivity contribution in [3.8, 4) is 5.75 Å². The molecule has 0 bridgehead atoms. The van der Waals surface area contributed by atoms with E-state index < -0.39 is 17.8 Å². The van der Waals surface area contributed by atoms with E-state index in [2.05, 4.69) is 5.32 Å². The zero-order valence-corrected chi connectivity index (χ0v) is 19.1. The first-order chi connectivity index (χ1) is 17.0. The van der Waals surface area contributed by atoms with Crippen LogP contribution in [0.25, 0.3) is 16.8 Å². The van der Waals surface area contributed by atoms with Crippen LogP contribution in [0, 0.1) is 12.7 Å². The molecule has 0 atom stereocenters. The van der Waals surface area contributed by atoms with Gasteiger partial charge in [-0.15, -0.1) is 0 Å². The fourth-order valence-corrected chi connectivity index (χ4v) is 4.05. The molecule has 0 aliphatic carbocycles. The zero-order valence-electron chi connectivity index (χ0n) is 19.1. The third-order valence-electron chi connectivity index (χ3n) is 5.98. The summed E-state index contributed by atoms with van der Waals surface area (Å²) in [6, 6.07) is 25.2. The summed E-state index contributed by atoms with van der Waals surface area (Å²) in [7, 11) is 0. The van der Waals surface area contributed by atoms with Gasteiger partial charge in [0.1, 0.15) is 23.9 Å². The second kappa shape index (κ2) is 9.43. The quantitative estimate of drug-likeness (QED) is 0.282. The van der Waals surface area contributed by atoms with Crippen LogP contribution in [0.15, 0.2) is 90.6 Å². The number of carbonyl (C=O) groups is 2. The molecule has 1 N–H and O–H groups in total. The van der Waals surface area contributed by atoms with Crippen molar-refractivity contribution in [2.75, 3.05) is 0 Å². The summed E-state index contributed by atoms with van der Waals surface area (Å²) < 4.78 is 20.3. The average Bonchev–Trinajstić information content (AvgIpc) is 3.13. The largest absolute Gasteiger partial charge is 0.488 e. The molecule has 0 spiro atoms. The van der Waals surface area contributed by atoms with E-state index in [0.29, 0.717) is 17.9 Å². The van der Waals surface area contributed by atoms with Crippen molar-refractivity contribution >= 4 is 28.8 Å². The number of ether oxygens (including phenoxy) is 1. The molecule has 5 rings (SSSR count). The number of rotatable bonds is 6. The van der Waals surface area contributed by atoms with Gasteiger partial charge in [0.05, 0.1) is 6.54 Å². The minimum absolute atomic E-state index is 0.114. The van der Waals surface area contributed by atoms with Crippen molar-refractivity contribution in [1.82, 2.24) is 10.2 Å². The van der Waals surface area contributed by atoms with Gasteiger partial charge in [-0.05, 0) is 41.5 Å². The topological polar surface area (TPSA) is 58.6 Å². The maximum absolute atomic E-state index is 14.1. The SMILES string of the molecule is Cc1ccc(COc2ccc3ccccc3c2/C=C2/NC(=O)N(Cc3ccccc3F)C2=O)cc1. The first-order valence-corrected chi connectivity index (χ1v) is 11.3. The molecule has 0 saturated carbocycles. The highest BCUT2D eigenvalue weighted by Crippen LogP contribution is 2.32. The number of hydrogen-bond donors (Lipinski definition) is 1. The molecule has 1 saturated heterocycles. The summed E-state index contributed by atoms with van der Waals surface area (Å²) in [5, 5.41) is 4.49. The Morgan fingerprint density at radius 3 is 2.46 bits per heavy atom. The number of nitrogens with zero attached hydrogens (tertiary/aromatic N) is 1. The fraction of sp³-hybridized carbons (Fsp3) is 0.103. The lowest BCUT2D eigenvalue weighted by Gasteiger charge is -2.13. The number of fused-ring (bicyclic) bond motifs is 1. The Balaban J connectivity index is 1.48. The van der Waals surface area contributed by atoms with Gasteiger partial charge in [0.2, 0.25) is 0 Å². The van der Waals surface area contributed by atoms with E-state index in [1.54, 1.807) is 24.3 Å². The first-order valence-electron chi connectivity index (χ1n) is 11.3. The monoisotopic (exact) mass is 466 g/mol.